The van der Waals surface area contributed by atoms with Crippen molar-refractivity contribution in [2.45, 2.75) is 38.6 Å². The van der Waals surface area contributed by atoms with Crippen LogP contribution in [0, 0.1) is 0 Å². The van der Waals surface area contributed by atoms with Crippen LogP contribution in [-0.4, -0.2) is 44.3 Å². The topological polar surface area (TPSA) is 38.5 Å². The summed E-state index contributed by atoms with van der Waals surface area (Å²) in [5, 5.41) is 0. The molecule has 0 aliphatic rings. The molecule has 0 fully saturated rings. The number of methoxy groups -OCH3 is 1. The van der Waals surface area contributed by atoms with E-state index in [1.54, 1.807) is 7.11 Å². The van der Waals surface area contributed by atoms with Crippen LogP contribution >= 0.6 is 0 Å². The van der Waals surface area contributed by atoms with Crippen LogP contribution in [0.15, 0.2) is 0 Å². The molecule has 0 aromatic carbocycles. The fourth-order valence-corrected chi connectivity index (χ4v) is 1.92. The third-order valence-corrected chi connectivity index (χ3v) is 3.35. The molecule has 0 saturated heterocycles. The largest absolute Gasteiger partial charge is 0.385 e. The summed E-state index contributed by atoms with van der Waals surface area (Å²) in [6.07, 6.45) is 3.31. The van der Waals surface area contributed by atoms with E-state index < -0.39 is 0 Å². The standard InChI is InChI=1S/C11H26N2O/c1-5-11(6-2,10-12)13(3)8-7-9-14-4/h5-10,12H2,1-4H3. The van der Waals surface area contributed by atoms with Crippen molar-refractivity contribution < 1.29 is 4.74 Å². The SMILES string of the molecule is CCC(CC)(CN)N(C)CCCOC. The van der Waals surface area contributed by atoms with Crippen molar-refractivity contribution in [3.8, 4) is 0 Å². The second-order valence-electron chi connectivity index (χ2n) is 3.90. The first-order valence-electron chi connectivity index (χ1n) is 5.57. The summed E-state index contributed by atoms with van der Waals surface area (Å²) in [6.45, 7) is 7.06. The van der Waals surface area contributed by atoms with E-state index in [1.807, 2.05) is 0 Å². The molecule has 0 radical (unpaired) electrons. The predicted molar refractivity (Wildman–Crippen MR) is 61.5 cm³/mol. The lowest BCUT2D eigenvalue weighted by Gasteiger charge is -2.40. The zero-order valence-corrected chi connectivity index (χ0v) is 10.2. The highest BCUT2D eigenvalue weighted by Crippen LogP contribution is 2.21. The minimum absolute atomic E-state index is 0.188. The van der Waals surface area contributed by atoms with Gasteiger partial charge in [-0.1, -0.05) is 13.8 Å². The smallest absolute Gasteiger partial charge is 0.0474 e. The molecule has 0 rings (SSSR count). The van der Waals surface area contributed by atoms with Crippen molar-refractivity contribution in [3.63, 3.8) is 0 Å². The molecule has 0 bridgehead atoms. The average molecular weight is 202 g/mol. The first-order chi connectivity index (χ1) is 6.66. The fourth-order valence-electron chi connectivity index (χ4n) is 1.92. The molecule has 3 heteroatoms. The van der Waals surface area contributed by atoms with Gasteiger partial charge < -0.3 is 10.5 Å². The fraction of sp³-hybridized carbons (Fsp3) is 1.00. The number of likely N-dealkylation sites (N-methyl/N-ethyl adjacent to an activating group) is 1. The third-order valence-electron chi connectivity index (χ3n) is 3.35. The van der Waals surface area contributed by atoms with Crippen molar-refractivity contribution in [2.24, 2.45) is 5.73 Å². The van der Waals surface area contributed by atoms with E-state index in [-0.39, 0.29) is 5.54 Å². The highest BCUT2D eigenvalue weighted by atomic mass is 16.5. The third kappa shape index (κ3) is 3.56. The number of nitrogens with zero attached hydrogens (tertiary/aromatic N) is 1. The number of hydrogen-bond acceptors (Lipinski definition) is 3. The van der Waals surface area contributed by atoms with Crippen LogP contribution in [0.4, 0.5) is 0 Å². The maximum Gasteiger partial charge on any atom is 0.0474 e. The monoisotopic (exact) mass is 202 g/mol. The van der Waals surface area contributed by atoms with Crippen LogP contribution in [0.2, 0.25) is 0 Å². The minimum atomic E-state index is 0.188. The molecule has 2 N–H and O–H groups in total. The minimum Gasteiger partial charge on any atom is -0.385 e. The van der Waals surface area contributed by atoms with Gasteiger partial charge in [0.05, 0.1) is 0 Å². The molecule has 0 unspecified atom stereocenters. The highest BCUT2D eigenvalue weighted by molar-refractivity contribution is 4.87. The van der Waals surface area contributed by atoms with E-state index in [0.29, 0.717) is 0 Å². The summed E-state index contributed by atoms with van der Waals surface area (Å²) in [5.74, 6) is 0. The zero-order valence-electron chi connectivity index (χ0n) is 10.2. The number of nitrogens with two attached hydrogens (primary N) is 1. The summed E-state index contributed by atoms with van der Waals surface area (Å²) >= 11 is 0. The molecule has 86 valence electrons. The number of ether oxygens (including phenoxy) is 1. The van der Waals surface area contributed by atoms with Crippen molar-refractivity contribution >= 4 is 0 Å². The summed E-state index contributed by atoms with van der Waals surface area (Å²) in [7, 11) is 3.91. The molecule has 3 nitrogen and oxygen atoms in total. The Morgan fingerprint density at radius 3 is 2.21 bits per heavy atom. The zero-order chi connectivity index (χ0) is 11.0. The van der Waals surface area contributed by atoms with E-state index in [2.05, 4.69) is 25.8 Å². The lowest BCUT2D eigenvalue weighted by atomic mass is 9.91. The predicted octanol–water partition coefficient (Wildman–Crippen LogP) is 1.47. The van der Waals surface area contributed by atoms with Crippen LogP contribution in [0.1, 0.15) is 33.1 Å². The van der Waals surface area contributed by atoms with Crippen LogP contribution in [-0.2, 0) is 4.74 Å². The summed E-state index contributed by atoms with van der Waals surface area (Å²) < 4.78 is 5.05. The van der Waals surface area contributed by atoms with Crippen LogP contribution in [0.25, 0.3) is 0 Å². The maximum absolute atomic E-state index is 5.86. The van der Waals surface area contributed by atoms with Gasteiger partial charge in [-0.25, -0.2) is 0 Å². The van der Waals surface area contributed by atoms with Crippen molar-refractivity contribution in [1.82, 2.24) is 4.90 Å². The number of rotatable bonds is 8. The van der Waals surface area contributed by atoms with Crippen LogP contribution in [0.5, 0.6) is 0 Å². The maximum atomic E-state index is 5.86. The average Bonchev–Trinajstić information content (AvgIpc) is 2.22. The van der Waals surface area contributed by atoms with E-state index in [1.165, 1.54) is 0 Å². The van der Waals surface area contributed by atoms with Gasteiger partial charge in [0.2, 0.25) is 0 Å². The van der Waals surface area contributed by atoms with Gasteiger partial charge in [-0.3, -0.25) is 4.90 Å². The molecule has 0 aromatic rings. The van der Waals surface area contributed by atoms with Crippen molar-refractivity contribution in [1.29, 1.82) is 0 Å². The van der Waals surface area contributed by atoms with Gasteiger partial charge in [0.1, 0.15) is 0 Å². The molecule has 14 heavy (non-hydrogen) atoms. The normalized spacial score (nSPS) is 12.4. The van der Waals surface area contributed by atoms with E-state index >= 15 is 0 Å². The molecule has 0 heterocycles. The van der Waals surface area contributed by atoms with Gasteiger partial charge in [-0.15, -0.1) is 0 Å². The molecular weight excluding hydrogens is 176 g/mol. The highest BCUT2D eigenvalue weighted by Gasteiger charge is 2.28. The van der Waals surface area contributed by atoms with E-state index in [9.17, 15) is 0 Å². The first-order valence-corrected chi connectivity index (χ1v) is 5.57. The summed E-state index contributed by atoms with van der Waals surface area (Å²) in [6, 6.07) is 0. The Morgan fingerprint density at radius 2 is 1.86 bits per heavy atom. The van der Waals surface area contributed by atoms with Gasteiger partial charge in [-0.2, -0.15) is 0 Å². The molecule has 0 saturated carbocycles. The van der Waals surface area contributed by atoms with E-state index in [0.717, 1.165) is 39.0 Å². The lowest BCUT2D eigenvalue weighted by Crippen LogP contribution is -2.51. The molecule has 0 atom stereocenters. The van der Waals surface area contributed by atoms with Gasteiger partial charge in [0.25, 0.3) is 0 Å². The van der Waals surface area contributed by atoms with Crippen molar-refractivity contribution in [3.05, 3.63) is 0 Å². The molecule has 0 amide bonds. The Bertz CT molecular complexity index is 127. The van der Waals surface area contributed by atoms with E-state index in [4.69, 9.17) is 10.5 Å². The molecule has 0 spiro atoms. The van der Waals surface area contributed by atoms with Gasteiger partial charge in [0, 0.05) is 32.3 Å². The number of hydrogen-bond donors (Lipinski definition) is 1. The Balaban J connectivity index is 4.07. The second kappa shape index (κ2) is 7.21. The molecule has 0 aliphatic carbocycles. The van der Waals surface area contributed by atoms with Crippen LogP contribution in [0.3, 0.4) is 0 Å². The Labute approximate surface area is 88.6 Å². The molecule has 0 aliphatic heterocycles. The summed E-state index contributed by atoms with van der Waals surface area (Å²) in [5.41, 5.74) is 6.05. The van der Waals surface area contributed by atoms with Gasteiger partial charge in [0.15, 0.2) is 0 Å². The Hall–Kier alpha value is -0.120. The summed E-state index contributed by atoms with van der Waals surface area (Å²) in [4.78, 5) is 2.38. The quantitative estimate of drug-likeness (QED) is 0.606. The van der Waals surface area contributed by atoms with Crippen LogP contribution < -0.4 is 5.73 Å². The van der Waals surface area contributed by atoms with Crippen molar-refractivity contribution in [2.75, 3.05) is 33.9 Å². The van der Waals surface area contributed by atoms with Gasteiger partial charge in [-0.05, 0) is 26.3 Å². The lowest BCUT2D eigenvalue weighted by molar-refractivity contribution is 0.0987. The first kappa shape index (κ1) is 13.9. The Morgan fingerprint density at radius 1 is 1.29 bits per heavy atom. The van der Waals surface area contributed by atoms with Gasteiger partial charge >= 0.3 is 0 Å². The second-order valence-corrected chi connectivity index (χ2v) is 3.90. The molecule has 0 aromatic heterocycles. The Kier molecular flexibility index (Phi) is 7.15. The molecular formula is C11H26N2O.